The number of hydrogen-bond acceptors (Lipinski definition) is 4. The number of benzene rings is 2. The molecule has 1 aliphatic heterocycles. The maximum atomic E-state index is 14.0. The molecule has 2 heterocycles. The number of thioether (sulfide) groups is 1. The Kier molecular flexibility index (Phi) is 4.38. The molecule has 3 aromatic rings. The highest BCUT2D eigenvalue weighted by atomic mass is 32.2. The molecule has 1 unspecified atom stereocenters. The van der Waals surface area contributed by atoms with Crippen molar-refractivity contribution in [1.82, 2.24) is 15.1 Å². The van der Waals surface area contributed by atoms with E-state index in [0.717, 1.165) is 11.3 Å². The molecule has 0 spiro atoms. The first kappa shape index (κ1) is 16.7. The van der Waals surface area contributed by atoms with Crippen molar-refractivity contribution in [2.24, 2.45) is 0 Å². The lowest BCUT2D eigenvalue weighted by Crippen LogP contribution is -2.31. The van der Waals surface area contributed by atoms with Gasteiger partial charge < -0.3 is 10.4 Å². The van der Waals surface area contributed by atoms with Gasteiger partial charge in [-0.2, -0.15) is 5.10 Å². The van der Waals surface area contributed by atoms with Crippen LogP contribution in [0.15, 0.2) is 59.6 Å². The second-order valence-corrected chi connectivity index (χ2v) is 7.07. The van der Waals surface area contributed by atoms with Gasteiger partial charge in [0, 0.05) is 10.6 Å². The van der Waals surface area contributed by atoms with E-state index >= 15 is 0 Å². The minimum Gasteiger partial charge on any atom is -0.504 e. The molecule has 1 aliphatic rings. The van der Waals surface area contributed by atoms with Crippen LogP contribution >= 0.6 is 11.8 Å². The maximum absolute atomic E-state index is 14.0. The molecule has 0 saturated heterocycles. The van der Waals surface area contributed by atoms with Crippen molar-refractivity contribution in [2.45, 2.75) is 17.4 Å². The minimum absolute atomic E-state index is 0.0509. The van der Waals surface area contributed by atoms with Crippen molar-refractivity contribution < 1.29 is 14.3 Å². The van der Waals surface area contributed by atoms with Crippen LogP contribution < -0.4 is 5.32 Å². The van der Waals surface area contributed by atoms with Gasteiger partial charge in [0.1, 0.15) is 5.82 Å². The molecule has 1 atom stereocenters. The zero-order valence-electron chi connectivity index (χ0n) is 13.7. The van der Waals surface area contributed by atoms with E-state index in [1.807, 2.05) is 36.4 Å². The van der Waals surface area contributed by atoms with E-state index in [2.05, 4.69) is 10.4 Å². The number of para-hydroxylation sites is 1. The number of halogens is 1. The number of aromatic nitrogens is 2. The number of carbonyl (C=O) groups excluding carboxylic acids is 1. The number of nitrogens with one attached hydrogen (secondary N) is 1. The lowest BCUT2D eigenvalue weighted by Gasteiger charge is -2.25. The fourth-order valence-electron chi connectivity index (χ4n) is 3.00. The Morgan fingerprint density at radius 1 is 1.23 bits per heavy atom. The van der Waals surface area contributed by atoms with Crippen LogP contribution in [0, 0.1) is 5.82 Å². The third-order valence-corrected chi connectivity index (χ3v) is 5.42. The molecule has 2 aromatic carbocycles. The lowest BCUT2D eigenvalue weighted by molar-refractivity contribution is 0.0926. The Morgan fingerprint density at radius 2 is 2.04 bits per heavy atom. The summed E-state index contributed by atoms with van der Waals surface area (Å²) >= 11 is 1.45. The van der Waals surface area contributed by atoms with E-state index in [1.165, 1.54) is 28.7 Å². The Hall–Kier alpha value is -2.80. The summed E-state index contributed by atoms with van der Waals surface area (Å²) in [7, 11) is 0. The zero-order chi connectivity index (χ0) is 18.1. The van der Waals surface area contributed by atoms with E-state index < -0.39 is 5.91 Å². The molecular formula is C19H16FN3O2S. The summed E-state index contributed by atoms with van der Waals surface area (Å²) in [4.78, 5) is 13.2. The van der Waals surface area contributed by atoms with Crippen LogP contribution in [0.3, 0.4) is 0 Å². The number of aromatic hydroxyl groups is 1. The third kappa shape index (κ3) is 3.06. The van der Waals surface area contributed by atoms with Gasteiger partial charge in [0.05, 0.1) is 17.9 Å². The molecule has 26 heavy (non-hydrogen) atoms. The Bertz CT molecular complexity index is 959. The predicted molar refractivity (Wildman–Crippen MR) is 97.2 cm³/mol. The molecule has 4 rings (SSSR count). The van der Waals surface area contributed by atoms with Crippen LogP contribution in [0.5, 0.6) is 5.75 Å². The van der Waals surface area contributed by atoms with Gasteiger partial charge >= 0.3 is 0 Å². The van der Waals surface area contributed by atoms with Gasteiger partial charge in [-0.1, -0.05) is 30.3 Å². The Labute approximate surface area is 153 Å². The van der Waals surface area contributed by atoms with Crippen molar-refractivity contribution in [1.29, 1.82) is 0 Å². The minimum atomic E-state index is -0.482. The summed E-state index contributed by atoms with van der Waals surface area (Å²) in [6.45, 7) is 0. The summed E-state index contributed by atoms with van der Waals surface area (Å²) in [5.74, 6) is -0.244. The average Bonchev–Trinajstić information content (AvgIpc) is 3.05. The highest BCUT2D eigenvalue weighted by molar-refractivity contribution is 7.99. The van der Waals surface area contributed by atoms with Gasteiger partial charge in [0.25, 0.3) is 5.91 Å². The summed E-state index contributed by atoms with van der Waals surface area (Å²) < 4.78 is 15.4. The lowest BCUT2D eigenvalue weighted by atomic mass is 10.0. The van der Waals surface area contributed by atoms with E-state index in [-0.39, 0.29) is 23.3 Å². The molecule has 7 heteroatoms. The number of nitrogens with zero attached hydrogens (tertiary/aromatic N) is 2. The van der Waals surface area contributed by atoms with E-state index in [0.29, 0.717) is 17.1 Å². The largest absolute Gasteiger partial charge is 0.504 e. The molecule has 132 valence electrons. The molecule has 0 radical (unpaired) electrons. The van der Waals surface area contributed by atoms with Crippen molar-refractivity contribution in [3.63, 3.8) is 0 Å². The third-order valence-electron chi connectivity index (χ3n) is 4.26. The molecule has 2 N–H and O–H groups in total. The molecule has 0 bridgehead atoms. The molecule has 5 nitrogen and oxygen atoms in total. The second-order valence-electron chi connectivity index (χ2n) is 5.96. The molecular weight excluding hydrogens is 353 g/mol. The van der Waals surface area contributed by atoms with Crippen LogP contribution in [0.2, 0.25) is 0 Å². The zero-order valence-corrected chi connectivity index (χ0v) is 14.5. The normalized spacial score (nSPS) is 16.1. The second kappa shape index (κ2) is 6.84. The summed E-state index contributed by atoms with van der Waals surface area (Å²) in [5.41, 5.74) is 1.45. The van der Waals surface area contributed by atoms with E-state index in [1.54, 1.807) is 6.07 Å². The first-order valence-corrected chi connectivity index (χ1v) is 9.18. The summed E-state index contributed by atoms with van der Waals surface area (Å²) in [6, 6.07) is 13.8. The van der Waals surface area contributed by atoms with Gasteiger partial charge in [-0.3, -0.25) is 4.79 Å². The number of fused-ring (bicyclic) bond motifs is 1. The van der Waals surface area contributed by atoms with Crippen LogP contribution in [0.1, 0.15) is 28.5 Å². The van der Waals surface area contributed by atoms with Crippen molar-refractivity contribution in [3.05, 3.63) is 71.8 Å². The maximum Gasteiger partial charge on any atom is 0.276 e. The van der Waals surface area contributed by atoms with E-state index in [4.69, 9.17) is 0 Å². The van der Waals surface area contributed by atoms with Crippen LogP contribution in [0.25, 0.3) is 5.69 Å². The fraction of sp³-hybridized carbons (Fsp3) is 0.158. The smallest absolute Gasteiger partial charge is 0.276 e. The summed E-state index contributed by atoms with van der Waals surface area (Å²) in [5, 5.41) is 17.2. The first-order valence-electron chi connectivity index (χ1n) is 8.19. The topological polar surface area (TPSA) is 67.2 Å². The van der Waals surface area contributed by atoms with E-state index in [9.17, 15) is 14.3 Å². The Balaban J connectivity index is 1.59. The van der Waals surface area contributed by atoms with Crippen molar-refractivity contribution in [3.8, 4) is 11.4 Å². The van der Waals surface area contributed by atoms with Crippen LogP contribution in [-0.2, 0) is 0 Å². The first-order chi connectivity index (χ1) is 12.6. The monoisotopic (exact) mass is 369 g/mol. The van der Waals surface area contributed by atoms with Gasteiger partial charge in [-0.15, -0.1) is 11.8 Å². The molecule has 1 aromatic heterocycles. The highest BCUT2D eigenvalue weighted by Crippen LogP contribution is 2.38. The molecule has 1 amide bonds. The van der Waals surface area contributed by atoms with Gasteiger partial charge in [-0.05, 0) is 30.2 Å². The Morgan fingerprint density at radius 3 is 2.85 bits per heavy atom. The fourth-order valence-corrected chi connectivity index (χ4v) is 4.14. The quantitative estimate of drug-likeness (QED) is 0.739. The number of amides is 1. The predicted octanol–water partition coefficient (Wildman–Crippen LogP) is 3.68. The number of carbonyl (C=O) groups is 1. The molecule has 0 fully saturated rings. The SMILES string of the molecule is O=C(NC1CCSc2c(F)cccc21)c1nn(-c2ccccc2)cc1O. The molecule has 0 saturated carbocycles. The van der Waals surface area contributed by atoms with Gasteiger partial charge in [0.15, 0.2) is 11.4 Å². The van der Waals surface area contributed by atoms with Crippen LogP contribution in [-0.4, -0.2) is 26.5 Å². The molecule has 0 aliphatic carbocycles. The highest BCUT2D eigenvalue weighted by Gasteiger charge is 2.26. The number of rotatable bonds is 3. The van der Waals surface area contributed by atoms with Gasteiger partial charge in [0.2, 0.25) is 0 Å². The summed E-state index contributed by atoms with van der Waals surface area (Å²) in [6.07, 6.45) is 2.08. The van der Waals surface area contributed by atoms with Crippen molar-refractivity contribution >= 4 is 17.7 Å². The average molecular weight is 369 g/mol. The standard InChI is InChI=1S/C19H16FN3O2S/c20-14-8-4-7-13-15(9-10-26-18(13)14)21-19(25)17-16(24)11-23(22-17)12-5-2-1-3-6-12/h1-8,11,15,24H,9-10H2,(H,21,25). The van der Waals surface area contributed by atoms with Crippen molar-refractivity contribution in [2.75, 3.05) is 5.75 Å². The van der Waals surface area contributed by atoms with Gasteiger partial charge in [-0.25, -0.2) is 9.07 Å². The number of hydrogen-bond donors (Lipinski definition) is 2. The van der Waals surface area contributed by atoms with Crippen LogP contribution in [0.4, 0.5) is 4.39 Å².